The van der Waals surface area contributed by atoms with Crippen LogP contribution in [0.3, 0.4) is 0 Å². The van der Waals surface area contributed by atoms with Crippen molar-refractivity contribution in [2.45, 2.75) is 125 Å². The summed E-state index contributed by atoms with van der Waals surface area (Å²) in [5.74, 6) is -4.43. The summed E-state index contributed by atoms with van der Waals surface area (Å²) in [6, 6.07) is 12.7. The number of carboxylic acid groups (broad SMARTS) is 1. The molecule has 18 heteroatoms. The summed E-state index contributed by atoms with van der Waals surface area (Å²) < 4.78 is 6.51. The molecule has 18 nitrogen and oxygen atoms in total. The first-order valence-electron chi connectivity index (χ1n) is 22.6. The number of nitrogens with one attached hydrogen (secondary N) is 5. The van der Waals surface area contributed by atoms with Gasteiger partial charge in [0, 0.05) is 24.4 Å². The van der Waals surface area contributed by atoms with Crippen molar-refractivity contribution in [2.75, 3.05) is 20.1 Å². The second-order valence-corrected chi connectivity index (χ2v) is 18.7. The molecule has 1 saturated heterocycles. The van der Waals surface area contributed by atoms with Crippen LogP contribution in [0.5, 0.6) is 17.2 Å². The highest BCUT2D eigenvalue weighted by Gasteiger charge is 2.72. The first kappa shape index (κ1) is 47.7. The Bertz CT molecular complexity index is 2310. The average Bonchev–Trinajstić information content (AvgIpc) is 3.64. The smallest absolute Gasteiger partial charge is 0.326 e. The molecule has 1 unspecified atom stereocenters. The van der Waals surface area contributed by atoms with E-state index in [1.165, 1.54) is 12.1 Å². The number of likely N-dealkylation sites (tertiary alicyclic amines) is 1. The maximum Gasteiger partial charge on any atom is 0.326 e. The third kappa shape index (κ3) is 9.81. The Hall–Kier alpha value is -6.24. The number of aromatic hydroxyl groups is 2. The van der Waals surface area contributed by atoms with Gasteiger partial charge in [0.05, 0.1) is 29.6 Å². The van der Waals surface area contributed by atoms with Gasteiger partial charge in [0.25, 0.3) is 0 Å². The minimum atomic E-state index is -1.35. The zero-order valence-corrected chi connectivity index (χ0v) is 37.4. The lowest BCUT2D eigenvalue weighted by molar-refractivity contribution is -0.187. The number of carboxylic acids is 1. The summed E-state index contributed by atoms with van der Waals surface area (Å²) in [6.45, 7) is 3.68. The van der Waals surface area contributed by atoms with Crippen molar-refractivity contribution in [2.24, 2.45) is 11.7 Å². The summed E-state index contributed by atoms with van der Waals surface area (Å²) in [5, 5.41) is 56.3. The van der Waals surface area contributed by atoms with Gasteiger partial charge >= 0.3 is 5.97 Å². The van der Waals surface area contributed by atoms with Crippen molar-refractivity contribution in [3.63, 3.8) is 0 Å². The number of amides is 5. The zero-order valence-electron chi connectivity index (χ0n) is 37.4. The van der Waals surface area contributed by atoms with E-state index in [9.17, 15) is 49.2 Å². The van der Waals surface area contributed by atoms with Gasteiger partial charge in [0.15, 0.2) is 11.5 Å². The molecule has 66 heavy (non-hydrogen) atoms. The SMILES string of the molecule is CC(C)C[C@H](NC(=O)[C@H](Cc1ccccc1)NC(=O)CNC(=O)[C@H](CCC(=O)N[C@H]1CC[C@@]2(O)C3Cc4ccc(O)c5c4[C@@]2(CCN3C)[C@H]1O5)NC(=O)[C@@H](N)Cc1ccc(O)cc1)C(=O)O. The largest absolute Gasteiger partial charge is 0.508 e. The summed E-state index contributed by atoms with van der Waals surface area (Å²) >= 11 is 0. The second-order valence-electron chi connectivity index (χ2n) is 18.7. The molecule has 2 aliphatic heterocycles. The van der Waals surface area contributed by atoms with Gasteiger partial charge in [-0.2, -0.15) is 0 Å². The van der Waals surface area contributed by atoms with Crippen LogP contribution in [0, 0.1) is 5.92 Å². The van der Waals surface area contributed by atoms with Gasteiger partial charge in [-0.15, -0.1) is 0 Å². The topological polar surface area (TPSA) is 282 Å². The van der Waals surface area contributed by atoms with E-state index in [-0.39, 0.29) is 55.6 Å². The highest BCUT2D eigenvalue weighted by atomic mass is 16.5. The van der Waals surface area contributed by atoms with E-state index in [1.807, 2.05) is 27.0 Å². The number of piperidine rings is 1. The van der Waals surface area contributed by atoms with Gasteiger partial charge in [-0.05, 0) is 99.3 Å². The number of carbonyl (C=O) groups is 6. The monoisotopic (exact) mass is 911 g/mol. The molecular weight excluding hydrogens is 851 g/mol. The number of hydrogen-bond acceptors (Lipinski definition) is 12. The number of benzene rings is 3. The first-order valence-corrected chi connectivity index (χ1v) is 22.6. The zero-order chi connectivity index (χ0) is 47.5. The Morgan fingerprint density at radius 1 is 0.833 bits per heavy atom. The Morgan fingerprint density at radius 3 is 2.23 bits per heavy atom. The number of aliphatic hydroxyl groups is 1. The van der Waals surface area contributed by atoms with Crippen LogP contribution in [0.2, 0.25) is 0 Å². The van der Waals surface area contributed by atoms with Crippen molar-refractivity contribution in [1.29, 1.82) is 0 Å². The molecule has 5 amide bonds. The molecule has 3 aromatic rings. The van der Waals surface area contributed by atoms with Gasteiger partial charge in [-0.3, -0.25) is 24.0 Å². The van der Waals surface area contributed by atoms with Gasteiger partial charge in [-0.25, -0.2) is 4.79 Å². The number of aliphatic carboxylic acids is 1. The molecule has 2 aliphatic carbocycles. The number of phenolic OH excluding ortho intramolecular Hbond substituents is 2. The van der Waals surface area contributed by atoms with Gasteiger partial charge in [-0.1, -0.05) is 62.4 Å². The molecule has 2 bridgehead atoms. The molecule has 2 fully saturated rings. The molecule has 7 rings (SSSR count). The lowest BCUT2D eigenvalue weighted by atomic mass is 9.48. The maximum atomic E-state index is 13.9. The molecule has 2 heterocycles. The molecule has 4 aliphatic rings. The van der Waals surface area contributed by atoms with Crippen LogP contribution in [-0.4, -0.2) is 129 Å². The lowest BCUT2D eigenvalue weighted by Gasteiger charge is -2.63. The molecule has 11 N–H and O–H groups in total. The van der Waals surface area contributed by atoms with Crippen molar-refractivity contribution >= 4 is 35.5 Å². The molecule has 1 spiro atoms. The standard InChI is InChI=1S/C48H61N7O11/c1-26(2)21-35(46(63)64)54-45(62)34(23-27-7-5-4-6-8-27)52-39(59)25-50-44(61)33(53-43(60)31(49)22-28-9-12-30(56)13-10-28)14-16-38(58)51-32-17-18-48(65)37-24-29-11-15-36(57)41-40(29)47(48,42(32)66-41)19-20-55(37)3/h4-13,15,26,31-35,37,42,56-57,65H,14,16-25,49H2,1-3H3,(H,50,61)(H,51,58)(H,52,59)(H,53,60)(H,54,62)(H,63,64)/t31-,32-,33-,34-,35-,37?,42-,47-,48+/m0/s1. The van der Waals surface area contributed by atoms with Gasteiger partial charge in [0.1, 0.15) is 30.0 Å². The number of rotatable bonds is 19. The van der Waals surface area contributed by atoms with E-state index < -0.39 is 89.4 Å². The van der Waals surface area contributed by atoms with E-state index >= 15 is 0 Å². The molecule has 354 valence electrons. The highest BCUT2D eigenvalue weighted by molar-refractivity contribution is 5.94. The average molecular weight is 912 g/mol. The third-order valence-corrected chi connectivity index (χ3v) is 13.8. The fraction of sp³-hybridized carbons (Fsp3) is 0.500. The Kier molecular flexibility index (Phi) is 14.2. The number of nitrogens with two attached hydrogens (primary N) is 1. The van der Waals surface area contributed by atoms with E-state index in [0.29, 0.717) is 49.1 Å². The summed E-state index contributed by atoms with van der Waals surface area (Å²) in [5.41, 5.74) is 7.34. The highest BCUT2D eigenvalue weighted by Crippen LogP contribution is 2.65. The number of hydrogen-bond donors (Lipinski definition) is 10. The minimum Gasteiger partial charge on any atom is -0.508 e. The quantitative estimate of drug-likeness (QED) is 0.0793. The van der Waals surface area contributed by atoms with Crippen molar-refractivity contribution in [3.8, 4) is 17.2 Å². The van der Waals surface area contributed by atoms with Crippen LogP contribution in [-0.2, 0) is 53.4 Å². The second kappa shape index (κ2) is 19.7. The Labute approximate surface area is 383 Å². The fourth-order valence-corrected chi connectivity index (χ4v) is 10.5. The van der Waals surface area contributed by atoms with Crippen molar-refractivity contribution < 1.29 is 53.9 Å². The van der Waals surface area contributed by atoms with E-state index in [0.717, 1.165) is 11.1 Å². The van der Waals surface area contributed by atoms with Crippen LogP contribution in [0.4, 0.5) is 0 Å². The molecule has 0 aromatic heterocycles. The summed E-state index contributed by atoms with van der Waals surface area (Å²) in [4.78, 5) is 82.3. The van der Waals surface area contributed by atoms with Crippen LogP contribution in [0.15, 0.2) is 66.7 Å². The Morgan fingerprint density at radius 2 is 1.53 bits per heavy atom. The third-order valence-electron chi connectivity index (χ3n) is 13.8. The Balaban J connectivity index is 1.03. The van der Waals surface area contributed by atoms with Crippen molar-refractivity contribution in [3.05, 3.63) is 89.0 Å². The number of phenols is 2. The first-order chi connectivity index (χ1) is 31.4. The predicted octanol–water partition coefficient (Wildman–Crippen LogP) is 0.661. The minimum absolute atomic E-state index is 0.0203. The molecule has 9 atom stereocenters. The van der Waals surface area contributed by atoms with E-state index in [2.05, 4.69) is 31.5 Å². The van der Waals surface area contributed by atoms with Crippen LogP contribution in [0.1, 0.15) is 74.6 Å². The van der Waals surface area contributed by atoms with E-state index in [1.54, 1.807) is 48.5 Å². The number of ether oxygens (including phenoxy) is 1. The van der Waals surface area contributed by atoms with Crippen molar-refractivity contribution in [1.82, 2.24) is 31.5 Å². The maximum absolute atomic E-state index is 13.9. The summed E-state index contributed by atoms with van der Waals surface area (Å²) in [6.07, 6.45) is 0.959. The number of nitrogens with zero attached hydrogens (tertiary/aromatic N) is 1. The molecule has 1 saturated carbocycles. The normalized spacial score (nSPS) is 24.4. The predicted molar refractivity (Wildman–Crippen MR) is 240 cm³/mol. The lowest BCUT2D eigenvalue weighted by Crippen LogP contribution is -2.77. The van der Waals surface area contributed by atoms with Gasteiger partial charge < -0.3 is 62.4 Å². The van der Waals surface area contributed by atoms with Gasteiger partial charge in [0.2, 0.25) is 29.5 Å². The molecule has 0 radical (unpaired) electrons. The fourth-order valence-electron chi connectivity index (χ4n) is 10.5. The molecule has 3 aromatic carbocycles. The van der Waals surface area contributed by atoms with Crippen LogP contribution < -0.4 is 37.1 Å². The number of carbonyl (C=O) groups excluding carboxylic acids is 5. The summed E-state index contributed by atoms with van der Waals surface area (Å²) in [7, 11) is 1.99. The number of likely N-dealkylation sites (N-methyl/N-ethyl adjacent to an activating group) is 1. The van der Waals surface area contributed by atoms with Crippen LogP contribution >= 0.6 is 0 Å². The molecular formula is C48H61N7O11. The van der Waals surface area contributed by atoms with Crippen LogP contribution in [0.25, 0.3) is 0 Å². The van der Waals surface area contributed by atoms with E-state index in [4.69, 9.17) is 10.5 Å².